The first kappa shape index (κ1) is 28.9. The molecular formula is C28H32F3N3O4. The summed E-state index contributed by atoms with van der Waals surface area (Å²) in [6.07, 6.45) is 3.95. The van der Waals surface area contributed by atoms with Gasteiger partial charge in [0.1, 0.15) is 0 Å². The lowest BCUT2D eigenvalue weighted by molar-refractivity contribution is -0.192. The van der Waals surface area contributed by atoms with E-state index >= 15 is 0 Å². The lowest BCUT2D eigenvalue weighted by Gasteiger charge is -2.25. The van der Waals surface area contributed by atoms with E-state index in [2.05, 4.69) is 28.8 Å². The van der Waals surface area contributed by atoms with E-state index in [1.807, 2.05) is 47.4 Å². The van der Waals surface area contributed by atoms with Gasteiger partial charge in [-0.15, -0.1) is 0 Å². The molecule has 3 N–H and O–H groups in total. The molecule has 2 aromatic rings. The van der Waals surface area contributed by atoms with E-state index in [9.17, 15) is 22.8 Å². The fourth-order valence-electron chi connectivity index (χ4n) is 4.40. The standard InChI is InChI=1S/C26H31N3O2.C2HF3O2/c30-25(29-19-17-21-10-4-5-12-24(21)29)16-15-22(14-13-20-8-2-1-3-9-20)28-26(31)23-11-6-7-18-27-23;3-2(4,5)1(6)7/h1-5,8-10,12,15-16,22-23,27H,6-7,11,13-14,17-19H2,(H,28,31);(H,6,7)/b16-15+;/t22-,23-;/m0./s1. The zero-order valence-electron chi connectivity index (χ0n) is 20.9. The van der Waals surface area contributed by atoms with Gasteiger partial charge in [-0.2, -0.15) is 13.2 Å². The van der Waals surface area contributed by atoms with Crippen molar-refractivity contribution >= 4 is 23.5 Å². The molecule has 2 aliphatic heterocycles. The van der Waals surface area contributed by atoms with Crippen molar-refractivity contribution in [2.24, 2.45) is 0 Å². The van der Waals surface area contributed by atoms with E-state index in [0.29, 0.717) is 6.54 Å². The minimum absolute atomic E-state index is 0.0281. The van der Waals surface area contributed by atoms with Crippen LogP contribution in [-0.2, 0) is 27.2 Å². The number of carbonyl (C=O) groups excluding carboxylic acids is 2. The number of halogens is 3. The maximum Gasteiger partial charge on any atom is 0.490 e. The molecule has 204 valence electrons. The first-order chi connectivity index (χ1) is 18.1. The highest BCUT2D eigenvalue weighted by molar-refractivity contribution is 6.03. The van der Waals surface area contributed by atoms with Crippen LogP contribution in [0.1, 0.15) is 36.8 Å². The summed E-state index contributed by atoms with van der Waals surface area (Å²) in [5.41, 5.74) is 3.43. The minimum atomic E-state index is -5.08. The number of anilines is 1. The molecule has 0 spiro atoms. The molecule has 0 saturated carbocycles. The summed E-state index contributed by atoms with van der Waals surface area (Å²) in [4.78, 5) is 36.4. The Labute approximate surface area is 219 Å². The molecule has 4 rings (SSSR count). The van der Waals surface area contributed by atoms with Crippen molar-refractivity contribution in [3.63, 3.8) is 0 Å². The zero-order valence-corrected chi connectivity index (χ0v) is 20.9. The smallest absolute Gasteiger partial charge is 0.475 e. The Morgan fingerprint density at radius 1 is 1.08 bits per heavy atom. The number of aliphatic carboxylic acids is 1. The van der Waals surface area contributed by atoms with Gasteiger partial charge >= 0.3 is 12.1 Å². The van der Waals surface area contributed by atoms with Crippen molar-refractivity contribution in [3.8, 4) is 0 Å². The number of alkyl halides is 3. The van der Waals surface area contributed by atoms with Crippen LogP contribution in [0.25, 0.3) is 0 Å². The number of para-hydroxylation sites is 1. The molecule has 0 aliphatic carbocycles. The molecule has 0 radical (unpaired) electrons. The fraction of sp³-hybridized carbons (Fsp3) is 0.393. The second kappa shape index (κ2) is 13.8. The number of rotatable bonds is 7. The second-order valence-electron chi connectivity index (χ2n) is 9.17. The van der Waals surface area contributed by atoms with Crippen LogP contribution in [0.15, 0.2) is 66.7 Å². The summed E-state index contributed by atoms with van der Waals surface area (Å²) in [6.45, 7) is 1.59. The molecule has 0 bridgehead atoms. The molecule has 1 fully saturated rings. The first-order valence-electron chi connectivity index (χ1n) is 12.6. The summed E-state index contributed by atoms with van der Waals surface area (Å²) >= 11 is 0. The molecule has 2 aromatic carbocycles. The number of amides is 2. The van der Waals surface area contributed by atoms with Crippen molar-refractivity contribution in [3.05, 3.63) is 77.9 Å². The largest absolute Gasteiger partial charge is 0.490 e. The predicted molar refractivity (Wildman–Crippen MR) is 138 cm³/mol. The monoisotopic (exact) mass is 531 g/mol. The Kier molecular flexibility index (Phi) is 10.5. The number of carbonyl (C=O) groups is 3. The van der Waals surface area contributed by atoms with Gasteiger partial charge in [-0.25, -0.2) is 4.79 Å². The quantitative estimate of drug-likeness (QED) is 0.469. The number of piperidine rings is 1. The van der Waals surface area contributed by atoms with Gasteiger partial charge in [-0.1, -0.05) is 61.0 Å². The number of hydrogen-bond donors (Lipinski definition) is 3. The number of carboxylic acids is 1. The van der Waals surface area contributed by atoms with Gasteiger partial charge in [0.25, 0.3) is 5.91 Å². The normalized spacial score (nSPS) is 17.8. The molecule has 2 atom stereocenters. The molecule has 2 heterocycles. The maximum atomic E-state index is 12.9. The van der Waals surface area contributed by atoms with Crippen LogP contribution in [-0.4, -0.2) is 54.2 Å². The van der Waals surface area contributed by atoms with Gasteiger partial charge in [0.15, 0.2) is 0 Å². The molecule has 38 heavy (non-hydrogen) atoms. The fourth-order valence-corrected chi connectivity index (χ4v) is 4.40. The second-order valence-corrected chi connectivity index (χ2v) is 9.17. The lowest BCUT2D eigenvalue weighted by atomic mass is 10.0. The van der Waals surface area contributed by atoms with Crippen LogP contribution in [0.2, 0.25) is 0 Å². The molecule has 10 heteroatoms. The third-order valence-corrected chi connectivity index (χ3v) is 6.41. The van der Waals surface area contributed by atoms with Crippen molar-refractivity contribution in [1.82, 2.24) is 10.6 Å². The summed E-state index contributed by atoms with van der Waals surface area (Å²) in [7, 11) is 0. The summed E-state index contributed by atoms with van der Waals surface area (Å²) < 4.78 is 31.7. The van der Waals surface area contributed by atoms with Crippen molar-refractivity contribution in [2.75, 3.05) is 18.0 Å². The molecule has 1 saturated heterocycles. The minimum Gasteiger partial charge on any atom is -0.475 e. The van der Waals surface area contributed by atoms with E-state index in [0.717, 1.165) is 50.8 Å². The average Bonchev–Trinajstić information content (AvgIpc) is 3.35. The van der Waals surface area contributed by atoms with Crippen LogP contribution in [0.4, 0.5) is 18.9 Å². The highest BCUT2D eigenvalue weighted by Crippen LogP contribution is 2.27. The van der Waals surface area contributed by atoms with Gasteiger partial charge in [-0.05, 0) is 55.8 Å². The number of nitrogens with one attached hydrogen (secondary N) is 2. The van der Waals surface area contributed by atoms with E-state index in [4.69, 9.17) is 9.90 Å². The number of nitrogens with zero attached hydrogens (tertiary/aromatic N) is 1. The Hall–Kier alpha value is -3.66. The van der Waals surface area contributed by atoms with Gasteiger partial charge < -0.3 is 20.6 Å². The van der Waals surface area contributed by atoms with Crippen LogP contribution in [0.3, 0.4) is 0 Å². The molecule has 2 aliphatic rings. The first-order valence-corrected chi connectivity index (χ1v) is 12.6. The van der Waals surface area contributed by atoms with Crippen LogP contribution in [0.5, 0.6) is 0 Å². The maximum absolute atomic E-state index is 12.9. The average molecular weight is 532 g/mol. The number of aryl methyl sites for hydroxylation is 1. The van der Waals surface area contributed by atoms with Gasteiger partial charge in [0.05, 0.1) is 6.04 Å². The highest BCUT2D eigenvalue weighted by atomic mass is 19.4. The van der Waals surface area contributed by atoms with Gasteiger partial charge in [-0.3, -0.25) is 9.59 Å². The van der Waals surface area contributed by atoms with E-state index in [-0.39, 0.29) is 23.9 Å². The van der Waals surface area contributed by atoms with Gasteiger partial charge in [0, 0.05) is 24.4 Å². The van der Waals surface area contributed by atoms with Crippen molar-refractivity contribution < 1.29 is 32.7 Å². The van der Waals surface area contributed by atoms with E-state index in [1.54, 1.807) is 6.08 Å². The Morgan fingerprint density at radius 3 is 2.42 bits per heavy atom. The number of hydrogen-bond acceptors (Lipinski definition) is 4. The highest BCUT2D eigenvalue weighted by Gasteiger charge is 2.38. The third-order valence-electron chi connectivity index (χ3n) is 6.41. The predicted octanol–water partition coefficient (Wildman–Crippen LogP) is 4.02. The number of carboxylic acid groups (broad SMARTS) is 1. The molecule has 2 amide bonds. The number of fused-ring (bicyclic) bond motifs is 1. The third kappa shape index (κ3) is 8.72. The SMILES string of the molecule is O=C(N[C@H](/C=C/C(=O)N1CCc2ccccc21)CCc1ccccc1)[C@@H]1CCCCN1.O=C(O)C(F)(F)F. The molecule has 0 aromatic heterocycles. The van der Waals surface area contributed by atoms with Crippen LogP contribution >= 0.6 is 0 Å². The zero-order chi connectivity index (χ0) is 27.5. The van der Waals surface area contributed by atoms with Crippen molar-refractivity contribution in [1.29, 1.82) is 0 Å². The van der Waals surface area contributed by atoms with Crippen molar-refractivity contribution in [2.45, 2.75) is 56.8 Å². The summed E-state index contributed by atoms with van der Waals surface area (Å²) in [5, 5.41) is 13.6. The van der Waals surface area contributed by atoms with E-state index < -0.39 is 12.1 Å². The molecule has 0 unspecified atom stereocenters. The van der Waals surface area contributed by atoms with Gasteiger partial charge in [0.2, 0.25) is 5.91 Å². The molecule has 7 nitrogen and oxygen atoms in total. The Balaban J connectivity index is 0.000000505. The number of benzene rings is 2. The summed E-state index contributed by atoms with van der Waals surface area (Å²) in [6, 6.07) is 18.0. The van der Waals surface area contributed by atoms with Crippen LogP contribution in [0, 0.1) is 0 Å². The van der Waals surface area contributed by atoms with Crippen LogP contribution < -0.4 is 15.5 Å². The summed E-state index contributed by atoms with van der Waals surface area (Å²) in [5.74, 6) is -2.76. The topological polar surface area (TPSA) is 98.7 Å². The molecular weight excluding hydrogens is 499 g/mol. The van der Waals surface area contributed by atoms with E-state index in [1.165, 1.54) is 11.1 Å². The lowest BCUT2D eigenvalue weighted by Crippen LogP contribution is -2.49. The Bertz CT molecular complexity index is 1120. The Morgan fingerprint density at radius 2 is 1.76 bits per heavy atom.